The quantitative estimate of drug-likeness (QED) is 0.839. The zero-order valence-corrected chi connectivity index (χ0v) is 10.8. The van der Waals surface area contributed by atoms with Crippen LogP contribution in [0.15, 0.2) is 39.1 Å². The van der Waals surface area contributed by atoms with Gasteiger partial charge in [0.25, 0.3) is 5.56 Å². The van der Waals surface area contributed by atoms with E-state index < -0.39 is 0 Å². The third-order valence-electron chi connectivity index (χ3n) is 2.36. The van der Waals surface area contributed by atoms with E-state index in [2.05, 4.69) is 16.0 Å². The molecule has 0 radical (unpaired) electrons. The maximum absolute atomic E-state index is 11.3. The molecule has 2 rings (SSSR count). The first kappa shape index (κ1) is 12.4. The number of nitriles is 1. The molecule has 1 N–H and O–H groups in total. The fourth-order valence-corrected chi connectivity index (χ4v) is 2.44. The van der Waals surface area contributed by atoms with Gasteiger partial charge in [0.1, 0.15) is 0 Å². The molecular weight excluding hydrogens is 246 g/mol. The Balaban J connectivity index is 2.34. The van der Waals surface area contributed by atoms with Gasteiger partial charge in [-0.1, -0.05) is 11.8 Å². The van der Waals surface area contributed by atoms with E-state index in [1.807, 2.05) is 19.1 Å². The molecule has 1 heterocycles. The average molecular weight is 257 g/mol. The van der Waals surface area contributed by atoms with Gasteiger partial charge in [0.05, 0.1) is 11.6 Å². The van der Waals surface area contributed by atoms with Gasteiger partial charge in [-0.25, -0.2) is 4.98 Å². The second-order valence-corrected chi connectivity index (χ2v) is 4.92. The lowest BCUT2D eigenvalue weighted by Gasteiger charge is -2.05. The first-order valence-corrected chi connectivity index (χ1v) is 6.17. The molecule has 0 saturated heterocycles. The van der Waals surface area contributed by atoms with Crippen molar-refractivity contribution in [1.82, 2.24) is 9.97 Å². The van der Waals surface area contributed by atoms with Crippen molar-refractivity contribution in [3.05, 3.63) is 51.4 Å². The number of benzene rings is 1. The molecule has 0 atom stereocenters. The van der Waals surface area contributed by atoms with Gasteiger partial charge in [-0.3, -0.25) is 4.79 Å². The molecule has 90 valence electrons. The van der Waals surface area contributed by atoms with E-state index in [9.17, 15) is 4.79 Å². The van der Waals surface area contributed by atoms with Crippen LogP contribution in [0.4, 0.5) is 0 Å². The Bertz CT molecular complexity index is 685. The Labute approximate surface area is 109 Å². The van der Waals surface area contributed by atoms with E-state index in [1.54, 1.807) is 13.0 Å². The van der Waals surface area contributed by atoms with Crippen LogP contribution >= 0.6 is 11.8 Å². The fourth-order valence-electron chi connectivity index (χ4n) is 1.54. The predicted octanol–water partition coefficient (Wildman–Crippen LogP) is 2.41. The largest absolute Gasteiger partial charge is 0.301 e. The van der Waals surface area contributed by atoms with Crippen LogP contribution in [0.5, 0.6) is 0 Å². The smallest absolute Gasteiger partial charge is 0.251 e. The minimum Gasteiger partial charge on any atom is -0.301 e. The molecule has 18 heavy (non-hydrogen) atoms. The Morgan fingerprint density at radius 2 is 2.11 bits per heavy atom. The first-order chi connectivity index (χ1) is 8.58. The van der Waals surface area contributed by atoms with Crippen molar-refractivity contribution in [2.45, 2.75) is 23.9 Å². The van der Waals surface area contributed by atoms with Crippen LogP contribution in [0.25, 0.3) is 0 Å². The number of aromatic nitrogens is 2. The van der Waals surface area contributed by atoms with Crippen LogP contribution < -0.4 is 5.56 Å². The minimum atomic E-state index is -0.156. The third kappa shape index (κ3) is 2.79. The van der Waals surface area contributed by atoms with Gasteiger partial charge in [-0.15, -0.1) is 0 Å². The second kappa shape index (κ2) is 5.07. The van der Waals surface area contributed by atoms with Crippen LogP contribution in [0.1, 0.15) is 16.8 Å². The predicted molar refractivity (Wildman–Crippen MR) is 69.6 cm³/mol. The lowest BCUT2D eigenvalue weighted by atomic mass is 10.2. The van der Waals surface area contributed by atoms with Gasteiger partial charge in [0.2, 0.25) is 0 Å². The first-order valence-electron chi connectivity index (χ1n) is 5.35. The average Bonchev–Trinajstić information content (AvgIpc) is 2.30. The lowest BCUT2D eigenvalue weighted by molar-refractivity contribution is 0.905. The normalized spacial score (nSPS) is 10.1. The summed E-state index contributed by atoms with van der Waals surface area (Å²) < 4.78 is 0. The Kier molecular flexibility index (Phi) is 3.49. The maximum atomic E-state index is 11.3. The van der Waals surface area contributed by atoms with E-state index in [4.69, 9.17) is 5.26 Å². The van der Waals surface area contributed by atoms with Crippen LogP contribution in [-0.4, -0.2) is 9.97 Å². The number of H-pyrrole nitrogens is 1. The molecule has 0 amide bonds. The minimum absolute atomic E-state index is 0.156. The molecule has 0 fully saturated rings. The van der Waals surface area contributed by atoms with E-state index in [-0.39, 0.29) is 5.56 Å². The zero-order valence-electron chi connectivity index (χ0n) is 10.0. The van der Waals surface area contributed by atoms with Gasteiger partial charge in [0, 0.05) is 16.7 Å². The Morgan fingerprint density at radius 3 is 2.72 bits per heavy atom. The van der Waals surface area contributed by atoms with Crippen molar-refractivity contribution in [2.75, 3.05) is 0 Å². The highest BCUT2D eigenvalue weighted by atomic mass is 32.2. The molecule has 0 aliphatic rings. The van der Waals surface area contributed by atoms with Crippen molar-refractivity contribution < 1.29 is 0 Å². The molecule has 2 aromatic rings. The van der Waals surface area contributed by atoms with Crippen molar-refractivity contribution in [2.24, 2.45) is 0 Å². The molecule has 1 aromatic carbocycles. The Morgan fingerprint density at radius 1 is 1.33 bits per heavy atom. The number of hydrogen-bond acceptors (Lipinski definition) is 4. The highest BCUT2D eigenvalue weighted by molar-refractivity contribution is 7.99. The summed E-state index contributed by atoms with van der Waals surface area (Å²) in [5.74, 6) is 0. The van der Waals surface area contributed by atoms with E-state index in [1.165, 1.54) is 17.8 Å². The van der Waals surface area contributed by atoms with Crippen molar-refractivity contribution in [3.63, 3.8) is 0 Å². The molecule has 0 bridgehead atoms. The van der Waals surface area contributed by atoms with Gasteiger partial charge < -0.3 is 4.98 Å². The molecule has 0 aliphatic carbocycles. The molecule has 4 nitrogen and oxygen atoms in total. The highest BCUT2D eigenvalue weighted by Crippen LogP contribution is 2.27. The van der Waals surface area contributed by atoms with Crippen LogP contribution in [0.2, 0.25) is 0 Å². The number of aryl methyl sites for hydroxylation is 2. The van der Waals surface area contributed by atoms with E-state index >= 15 is 0 Å². The topological polar surface area (TPSA) is 69.5 Å². The summed E-state index contributed by atoms with van der Waals surface area (Å²) in [6, 6.07) is 8.98. The van der Waals surface area contributed by atoms with Crippen molar-refractivity contribution >= 4 is 11.8 Å². The SMILES string of the molecule is Cc1cc(=O)[nH]c(Sc2ccc(C#N)cc2C)n1. The summed E-state index contributed by atoms with van der Waals surface area (Å²) >= 11 is 1.39. The van der Waals surface area contributed by atoms with Gasteiger partial charge in [-0.2, -0.15) is 5.26 Å². The van der Waals surface area contributed by atoms with Crippen molar-refractivity contribution in [3.8, 4) is 6.07 Å². The number of aromatic amines is 1. The summed E-state index contributed by atoms with van der Waals surface area (Å²) in [6.07, 6.45) is 0. The van der Waals surface area contributed by atoms with Crippen LogP contribution in [0, 0.1) is 25.2 Å². The summed E-state index contributed by atoms with van der Waals surface area (Å²) in [5, 5.41) is 9.36. The molecule has 0 saturated carbocycles. The van der Waals surface area contributed by atoms with E-state index in [0.717, 1.165) is 10.5 Å². The van der Waals surface area contributed by atoms with E-state index in [0.29, 0.717) is 16.4 Å². The summed E-state index contributed by atoms with van der Waals surface area (Å²) in [7, 11) is 0. The molecule has 0 spiro atoms. The molecule has 1 aromatic heterocycles. The molecular formula is C13H11N3OS. The summed E-state index contributed by atoms with van der Waals surface area (Å²) in [4.78, 5) is 19.2. The Hall–Kier alpha value is -2.06. The summed E-state index contributed by atoms with van der Waals surface area (Å²) in [6.45, 7) is 3.71. The lowest BCUT2D eigenvalue weighted by Crippen LogP contribution is -2.07. The van der Waals surface area contributed by atoms with Crippen LogP contribution in [0.3, 0.4) is 0 Å². The van der Waals surface area contributed by atoms with Gasteiger partial charge in [0.15, 0.2) is 5.16 Å². The second-order valence-electron chi connectivity index (χ2n) is 3.89. The number of hydrogen-bond donors (Lipinski definition) is 1. The standard InChI is InChI=1S/C13H11N3OS/c1-8-5-10(7-14)3-4-11(8)18-13-15-9(2)6-12(17)16-13/h3-6H,1-2H3,(H,15,16,17). The maximum Gasteiger partial charge on any atom is 0.251 e. The molecule has 0 aliphatic heterocycles. The monoisotopic (exact) mass is 257 g/mol. The third-order valence-corrected chi connectivity index (χ3v) is 3.42. The zero-order chi connectivity index (χ0) is 13.1. The molecule has 0 unspecified atom stereocenters. The van der Waals surface area contributed by atoms with Crippen LogP contribution in [-0.2, 0) is 0 Å². The number of rotatable bonds is 2. The van der Waals surface area contributed by atoms with Crippen molar-refractivity contribution in [1.29, 1.82) is 5.26 Å². The number of nitrogens with zero attached hydrogens (tertiary/aromatic N) is 2. The molecule has 5 heteroatoms. The van der Waals surface area contributed by atoms with Gasteiger partial charge >= 0.3 is 0 Å². The summed E-state index contributed by atoms with van der Waals surface area (Å²) in [5.41, 5.74) is 2.15. The fraction of sp³-hybridized carbons (Fsp3) is 0.154. The highest BCUT2D eigenvalue weighted by Gasteiger charge is 2.05. The van der Waals surface area contributed by atoms with Gasteiger partial charge in [-0.05, 0) is 37.6 Å². The number of nitrogens with one attached hydrogen (secondary N) is 1.